The van der Waals surface area contributed by atoms with Crippen molar-refractivity contribution >= 4 is 44.3 Å². The van der Waals surface area contributed by atoms with Crippen LogP contribution < -0.4 is 14.8 Å². The van der Waals surface area contributed by atoms with Crippen LogP contribution in [-0.4, -0.2) is 31.7 Å². The SMILES string of the molecule is COc1ccccc1NC(=O)C(C)OC(=O)COc1ccc2ccccc2c1Br. The fraction of sp³-hybridized carbons (Fsp3) is 0.182. The Morgan fingerprint density at radius 1 is 1.00 bits per heavy atom. The van der Waals surface area contributed by atoms with Gasteiger partial charge < -0.3 is 19.5 Å². The van der Waals surface area contributed by atoms with Crippen molar-refractivity contribution in [1.29, 1.82) is 0 Å². The summed E-state index contributed by atoms with van der Waals surface area (Å²) in [7, 11) is 1.51. The number of esters is 1. The van der Waals surface area contributed by atoms with Crippen LogP contribution in [0.15, 0.2) is 65.1 Å². The molecule has 0 radical (unpaired) electrons. The van der Waals surface area contributed by atoms with Crippen LogP contribution in [0.1, 0.15) is 6.92 Å². The molecule has 0 bridgehead atoms. The van der Waals surface area contributed by atoms with Gasteiger partial charge in [-0.2, -0.15) is 0 Å². The fourth-order valence-electron chi connectivity index (χ4n) is 2.73. The second-order valence-corrected chi connectivity index (χ2v) is 7.00. The molecule has 0 aliphatic rings. The minimum Gasteiger partial charge on any atom is -0.495 e. The molecule has 0 saturated heterocycles. The number of carbonyl (C=O) groups excluding carboxylic acids is 2. The molecular formula is C22H20BrNO5. The molecule has 1 atom stereocenters. The standard InChI is InChI=1S/C22H20BrNO5/c1-14(22(26)24-17-9-5-6-10-18(17)27-2)29-20(25)13-28-19-12-11-15-7-3-4-8-16(15)21(19)23/h3-12,14H,13H2,1-2H3,(H,24,26). The molecule has 3 aromatic rings. The highest BCUT2D eigenvalue weighted by Crippen LogP contribution is 2.33. The van der Waals surface area contributed by atoms with E-state index in [-0.39, 0.29) is 6.61 Å². The summed E-state index contributed by atoms with van der Waals surface area (Å²) in [5.41, 5.74) is 0.499. The van der Waals surface area contributed by atoms with Gasteiger partial charge in [-0.25, -0.2) is 4.79 Å². The maximum atomic E-state index is 12.3. The van der Waals surface area contributed by atoms with Gasteiger partial charge in [-0.15, -0.1) is 0 Å². The summed E-state index contributed by atoms with van der Waals surface area (Å²) >= 11 is 3.50. The van der Waals surface area contributed by atoms with Gasteiger partial charge in [-0.1, -0.05) is 42.5 Å². The number of rotatable bonds is 7. The van der Waals surface area contributed by atoms with Crippen molar-refractivity contribution in [2.75, 3.05) is 19.0 Å². The van der Waals surface area contributed by atoms with Crippen molar-refractivity contribution in [1.82, 2.24) is 0 Å². The zero-order valence-electron chi connectivity index (χ0n) is 16.0. The molecule has 0 saturated carbocycles. The predicted octanol–water partition coefficient (Wildman–Crippen LogP) is 4.56. The summed E-state index contributed by atoms with van der Waals surface area (Å²) in [5.74, 6) is -0.0712. The Labute approximate surface area is 176 Å². The monoisotopic (exact) mass is 457 g/mol. The molecule has 0 spiro atoms. The summed E-state index contributed by atoms with van der Waals surface area (Å²) in [5, 5.41) is 4.71. The molecule has 1 amide bonds. The molecule has 0 aromatic heterocycles. The van der Waals surface area contributed by atoms with Crippen molar-refractivity contribution < 1.29 is 23.8 Å². The van der Waals surface area contributed by atoms with E-state index < -0.39 is 18.0 Å². The largest absolute Gasteiger partial charge is 0.495 e. The molecule has 3 rings (SSSR count). The first-order chi connectivity index (χ1) is 14.0. The van der Waals surface area contributed by atoms with Crippen LogP contribution in [0.25, 0.3) is 10.8 Å². The molecule has 0 aliphatic carbocycles. The number of hydrogen-bond donors (Lipinski definition) is 1. The van der Waals surface area contributed by atoms with Crippen LogP contribution in [0.5, 0.6) is 11.5 Å². The molecular weight excluding hydrogens is 438 g/mol. The van der Waals surface area contributed by atoms with Crippen LogP contribution in [-0.2, 0) is 14.3 Å². The average molecular weight is 458 g/mol. The van der Waals surface area contributed by atoms with E-state index >= 15 is 0 Å². The van der Waals surface area contributed by atoms with E-state index in [1.165, 1.54) is 14.0 Å². The normalized spacial score (nSPS) is 11.6. The summed E-state index contributed by atoms with van der Waals surface area (Å²) in [6.45, 7) is 1.18. The highest BCUT2D eigenvalue weighted by atomic mass is 79.9. The lowest BCUT2D eigenvalue weighted by molar-refractivity contribution is -0.155. The van der Waals surface area contributed by atoms with E-state index in [1.807, 2.05) is 30.3 Å². The second-order valence-electron chi connectivity index (χ2n) is 6.21. The van der Waals surface area contributed by atoms with Gasteiger partial charge in [0.05, 0.1) is 17.3 Å². The first-order valence-corrected chi connectivity index (χ1v) is 9.72. The van der Waals surface area contributed by atoms with Gasteiger partial charge in [0.2, 0.25) is 0 Å². The first kappa shape index (κ1) is 20.7. The third-order valence-corrected chi connectivity index (χ3v) is 5.03. The van der Waals surface area contributed by atoms with Crippen LogP contribution in [0.2, 0.25) is 0 Å². The fourth-order valence-corrected chi connectivity index (χ4v) is 3.34. The van der Waals surface area contributed by atoms with E-state index in [0.717, 1.165) is 15.2 Å². The Morgan fingerprint density at radius 3 is 2.52 bits per heavy atom. The van der Waals surface area contributed by atoms with Crippen molar-refractivity contribution in [3.05, 3.63) is 65.1 Å². The number of methoxy groups -OCH3 is 1. The topological polar surface area (TPSA) is 73.9 Å². The molecule has 3 aromatic carbocycles. The van der Waals surface area contributed by atoms with Crippen molar-refractivity contribution in [2.24, 2.45) is 0 Å². The second kappa shape index (κ2) is 9.43. The summed E-state index contributed by atoms with van der Waals surface area (Å²) in [4.78, 5) is 24.4. The molecule has 0 heterocycles. The number of hydrogen-bond acceptors (Lipinski definition) is 5. The van der Waals surface area contributed by atoms with Crippen molar-refractivity contribution in [3.63, 3.8) is 0 Å². The Balaban J connectivity index is 1.56. The quantitative estimate of drug-likeness (QED) is 0.526. The summed E-state index contributed by atoms with van der Waals surface area (Å²) in [6, 6.07) is 18.5. The van der Waals surface area contributed by atoms with E-state index in [4.69, 9.17) is 14.2 Å². The maximum Gasteiger partial charge on any atom is 0.344 e. The minimum atomic E-state index is -0.990. The smallest absolute Gasteiger partial charge is 0.344 e. The number of benzene rings is 3. The predicted molar refractivity (Wildman–Crippen MR) is 114 cm³/mol. The first-order valence-electron chi connectivity index (χ1n) is 8.93. The number of halogens is 1. The van der Waals surface area contributed by atoms with Gasteiger partial charge in [0.25, 0.3) is 5.91 Å². The van der Waals surface area contributed by atoms with Gasteiger partial charge in [0, 0.05) is 0 Å². The zero-order chi connectivity index (χ0) is 20.8. The maximum absolute atomic E-state index is 12.3. The lowest BCUT2D eigenvalue weighted by Gasteiger charge is -2.15. The highest BCUT2D eigenvalue weighted by molar-refractivity contribution is 9.10. The Bertz CT molecular complexity index is 1040. The number of carbonyl (C=O) groups is 2. The zero-order valence-corrected chi connectivity index (χ0v) is 17.6. The van der Waals surface area contributed by atoms with Gasteiger partial charge in [0.15, 0.2) is 12.7 Å². The minimum absolute atomic E-state index is 0.316. The number of fused-ring (bicyclic) bond motifs is 1. The van der Waals surface area contributed by atoms with Gasteiger partial charge >= 0.3 is 5.97 Å². The number of para-hydroxylation sites is 2. The molecule has 1 unspecified atom stereocenters. The van der Waals surface area contributed by atoms with E-state index in [0.29, 0.717) is 17.2 Å². The molecule has 150 valence electrons. The van der Waals surface area contributed by atoms with Crippen LogP contribution in [0, 0.1) is 0 Å². The molecule has 6 nitrogen and oxygen atoms in total. The molecule has 0 aliphatic heterocycles. The third kappa shape index (κ3) is 5.06. The number of anilines is 1. The Morgan fingerprint density at radius 2 is 1.72 bits per heavy atom. The van der Waals surface area contributed by atoms with Crippen LogP contribution in [0.4, 0.5) is 5.69 Å². The number of ether oxygens (including phenoxy) is 3. The summed E-state index contributed by atoms with van der Waals surface area (Å²) in [6.07, 6.45) is -0.990. The lowest BCUT2D eigenvalue weighted by Crippen LogP contribution is -2.31. The average Bonchev–Trinajstić information content (AvgIpc) is 2.73. The van der Waals surface area contributed by atoms with Crippen molar-refractivity contribution in [2.45, 2.75) is 13.0 Å². The highest BCUT2D eigenvalue weighted by Gasteiger charge is 2.20. The van der Waals surface area contributed by atoms with E-state index in [9.17, 15) is 9.59 Å². The number of nitrogens with one attached hydrogen (secondary N) is 1. The molecule has 0 fully saturated rings. The lowest BCUT2D eigenvalue weighted by atomic mass is 10.1. The van der Waals surface area contributed by atoms with Gasteiger partial charge in [-0.05, 0) is 51.8 Å². The van der Waals surface area contributed by atoms with Gasteiger partial charge in [-0.3, -0.25) is 4.79 Å². The van der Waals surface area contributed by atoms with E-state index in [2.05, 4.69) is 21.2 Å². The van der Waals surface area contributed by atoms with Crippen LogP contribution in [0.3, 0.4) is 0 Å². The Hall–Kier alpha value is -3.06. The van der Waals surface area contributed by atoms with Gasteiger partial charge in [0.1, 0.15) is 11.5 Å². The van der Waals surface area contributed by atoms with E-state index in [1.54, 1.807) is 30.3 Å². The molecule has 1 N–H and O–H groups in total. The molecule has 7 heteroatoms. The number of amides is 1. The molecule has 29 heavy (non-hydrogen) atoms. The Kier molecular flexibility index (Phi) is 6.72. The van der Waals surface area contributed by atoms with Crippen LogP contribution >= 0.6 is 15.9 Å². The van der Waals surface area contributed by atoms with Crippen molar-refractivity contribution in [3.8, 4) is 11.5 Å². The third-order valence-electron chi connectivity index (χ3n) is 4.22. The summed E-state index contributed by atoms with van der Waals surface area (Å²) < 4.78 is 16.7.